The summed E-state index contributed by atoms with van der Waals surface area (Å²) in [5, 5.41) is 25.1. The normalized spacial score (nSPS) is 25.5. The maximum atomic E-state index is 13.4. The standard InChI is InChI=1S/C43H51N9O5/c53-37-4-2-1-3-32(37)34-20-36-39(47-46-34)44-23-30-26-49(17-18-51(30)36)24-27-9-13-48(14-10-27)25-28-21-43(22-28)11-15-50(16-12-43)29-5-6-31-33(19-29)42(57)52(41(31)56)35-7-8-38(54)45-40(35)55/h1-6,19-20,27-28,30,35,53H,7-18,21-26H2,(H,44,47)(H,45,54,55)/t30-,35?/m0/s1. The number of benzene rings is 2. The number of likely N-dealkylation sites (tertiary alicyclic amines) is 1. The third-order valence-corrected chi connectivity index (χ3v) is 14.1. The van der Waals surface area contributed by atoms with Crippen molar-refractivity contribution in [2.45, 2.75) is 63.5 Å². The largest absolute Gasteiger partial charge is 0.507 e. The van der Waals surface area contributed by atoms with Crippen molar-refractivity contribution in [2.24, 2.45) is 17.3 Å². The van der Waals surface area contributed by atoms with Crippen LogP contribution in [0.15, 0.2) is 48.5 Å². The van der Waals surface area contributed by atoms with Gasteiger partial charge in [-0.2, -0.15) is 0 Å². The summed E-state index contributed by atoms with van der Waals surface area (Å²) in [4.78, 5) is 61.9. The molecule has 14 nitrogen and oxygen atoms in total. The highest BCUT2D eigenvalue weighted by Crippen LogP contribution is 2.53. The van der Waals surface area contributed by atoms with Crippen molar-refractivity contribution in [3.05, 3.63) is 59.7 Å². The van der Waals surface area contributed by atoms with E-state index in [4.69, 9.17) is 0 Å². The van der Waals surface area contributed by atoms with Gasteiger partial charge in [0.15, 0.2) is 5.82 Å². The lowest BCUT2D eigenvalue weighted by atomic mass is 9.57. The van der Waals surface area contributed by atoms with Crippen LogP contribution >= 0.6 is 0 Å². The van der Waals surface area contributed by atoms with E-state index in [0.717, 1.165) is 86.0 Å². The van der Waals surface area contributed by atoms with Crippen molar-refractivity contribution < 1.29 is 24.3 Å². The predicted molar refractivity (Wildman–Crippen MR) is 214 cm³/mol. The van der Waals surface area contributed by atoms with Crippen molar-refractivity contribution in [3.8, 4) is 17.0 Å². The Bertz CT molecular complexity index is 2100. The first-order valence-electron chi connectivity index (χ1n) is 20.9. The van der Waals surface area contributed by atoms with Gasteiger partial charge in [-0.25, -0.2) is 0 Å². The van der Waals surface area contributed by atoms with Crippen LogP contribution in [0.1, 0.15) is 72.1 Å². The molecule has 4 saturated heterocycles. The summed E-state index contributed by atoms with van der Waals surface area (Å²) in [6.07, 6.45) is 7.66. The van der Waals surface area contributed by atoms with Gasteiger partial charge < -0.3 is 25.1 Å². The highest BCUT2D eigenvalue weighted by molar-refractivity contribution is 6.23. The second-order valence-corrected chi connectivity index (χ2v) is 17.7. The van der Waals surface area contributed by atoms with Crippen LogP contribution < -0.4 is 20.4 Å². The molecule has 7 heterocycles. The molecular weight excluding hydrogens is 723 g/mol. The number of fused-ring (bicyclic) bond motifs is 4. The molecule has 7 aliphatic rings. The summed E-state index contributed by atoms with van der Waals surface area (Å²) in [7, 11) is 0. The van der Waals surface area contributed by atoms with Crippen LogP contribution in [-0.2, 0) is 9.59 Å². The van der Waals surface area contributed by atoms with Gasteiger partial charge >= 0.3 is 0 Å². The zero-order valence-corrected chi connectivity index (χ0v) is 32.4. The number of aromatic hydroxyl groups is 1. The van der Waals surface area contributed by atoms with E-state index < -0.39 is 23.8 Å². The Balaban J connectivity index is 0.665. The molecule has 1 spiro atoms. The second kappa shape index (κ2) is 14.4. The minimum atomic E-state index is -0.947. The first-order chi connectivity index (χ1) is 27.7. The lowest BCUT2D eigenvalue weighted by Crippen LogP contribution is -2.58. The van der Waals surface area contributed by atoms with Crippen molar-refractivity contribution in [3.63, 3.8) is 0 Å². The van der Waals surface area contributed by atoms with Gasteiger partial charge in [0, 0.05) is 70.0 Å². The van der Waals surface area contributed by atoms with Crippen LogP contribution in [0.5, 0.6) is 5.75 Å². The number of carbonyl (C=O) groups excluding carboxylic acids is 4. The number of phenols is 1. The zero-order chi connectivity index (χ0) is 38.8. The van der Waals surface area contributed by atoms with Gasteiger partial charge in [-0.05, 0) is 112 Å². The molecular formula is C43H51N9O5. The Labute approximate surface area is 332 Å². The molecule has 0 bridgehead atoms. The van der Waals surface area contributed by atoms with Crippen molar-refractivity contribution in [1.29, 1.82) is 0 Å². The molecule has 5 fully saturated rings. The number of imide groups is 2. The van der Waals surface area contributed by atoms with E-state index >= 15 is 0 Å². The molecule has 3 N–H and O–H groups in total. The Kier molecular flexibility index (Phi) is 9.15. The van der Waals surface area contributed by atoms with Crippen molar-refractivity contribution in [1.82, 2.24) is 30.2 Å². The second-order valence-electron chi connectivity index (χ2n) is 17.7. The van der Waals surface area contributed by atoms with Crippen molar-refractivity contribution >= 4 is 40.8 Å². The van der Waals surface area contributed by atoms with Gasteiger partial charge in [0.2, 0.25) is 11.8 Å². The van der Waals surface area contributed by atoms with E-state index in [-0.39, 0.29) is 24.5 Å². The molecule has 2 aromatic carbocycles. The quantitative estimate of drug-likeness (QED) is 0.301. The number of para-hydroxylation sites is 1. The summed E-state index contributed by atoms with van der Waals surface area (Å²) in [6.45, 7) is 10.5. The number of hydrogen-bond donors (Lipinski definition) is 3. The molecule has 1 saturated carbocycles. The number of piperazine rings is 1. The number of amides is 4. The number of piperidine rings is 3. The highest BCUT2D eigenvalue weighted by atomic mass is 16.3. The molecule has 4 amide bonds. The van der Waals surface area contributed by atoms with Gasteiger partial charge in [-0.15, -0.1) is 10.2 Å². The van der Waals surface area contributed by atoms with Crippen LogP contribution in [0, 0.1) is 17.3 Å². The Hall–Kier alpha value is -5.08. The lowest BCUT2D eigenvalue weighted by molar-refractivity contribution is -0.136. The summed E-state index contributed by atoms with van der Waals surface area (Å²) < 4.78 is 0. The average molecular weight is 774 g/mol. The fourth-order valence-corrected chi connectivity index (χ4v) is 11.0. The monoisotopic (exact) mass is 773 g/mol. The van der Waals surface area contributed by atoms with Crippen LogP contribution in [0.4, 0.5) is 17.2 Å². The van der Waals surface area contributed by atoms with Gasteiger partial charge in [0.1, 0.15) is 11.8 Å². The molecule has 3 aromatic rings. The van der Waals surface area contributed by atoms with E-state index in [2.05, 4.69) is 46.5 Å². The van der Waals surface area contributed by atoms with E-state index in [1.807, 2.05) is 30.3 Å². The molecule has 1 aromatic heterocycles. The molecule has 57 heavy (non-hydrogen) atoms. The van der Waals surface area contributed by atoms with Gasteiger partial charge in [0.05, 0.1) is 28.6 Å². The molecule has 1 aliphatic carbocycles. The fraction of sp³-hybridized carbons (Fsp3) is 0.535. The summed E-state index contributed by atoms with van der Waals surface area (Å²) in [5.74, 6) is 0.678. The first kappa shape index (κ1) is 36.3. The van der Waals surface area contributed by atoms with Gasteiger partial charge in [-0.1, -0.05) is 12.1 Å². The van der Waals surface area contributed by atoms with Crippen LogP contribution in [0.25, 0.3) is 11.3 Å². The number of hydrogen-bond acceptors (Lipinski definition) is 12. The summed E-state index contributed by atoms with van der Waals surface area (Å²) >= 11 is 0. The van der Waals surface area contributed by atoms with E-state index in [0.29, 0.717) is 33.8 Å². The third kappa shape index (κ3) is 6.69. The SMILES string of the molecule is O=C1CCC(N2C(=O)c3ccc(N4CCC5(CC4)CC(CN4CCC(CN6CCN7c8cc(-c9ccccc9O)nnc8NC[C@H]7C6)CC4)C5)cc3C2=O)C(=O)N1. The predicted octanol–water partition coefficient (Wildman–Crippen LogP) is 3.58. The smallest absolute Gasteiger partial charge is 0.262 e. The first-order valence-corrected chi connectivity index (χ1v) is 20.9. The minimum Gasteiger partial charge on any atom is -0.507 e. The number of nitrogens with one attached hydrogen (secondary N) is 2. The number of phenolic OH excluding ortho intramolecular Hbond substituents is 1. The number of rotatable bonds is 7. The highest BCUT2D eigenvalue weighted by Gasteiger charge is 2.48. The topological polar surface area (TPSA) is 155 Å². The molecule has 14 heteroatoms. The zero-order valence-electron chi connectivity index (χ0n) is 32.4. The molecule has 6 aliphatic heterocycles. The third-order valence-electron chi connectivity index (χ3n) is 14.1. The molecule has 2 atom stereocenters. The fourth-order valence-electron chi connectivity index (χ4n) is 11.0. The number of carbonyl (C=O) groups is 4. The molecule has 298 valence electrons. The van der Waals surface area contributed by atoms with E-state index in [1.54, 1.807) is 12.1 Å². The van der Waals surface area contributed by atoms with Gasteiger partial charge in [-0.3, -0.25) is 34.3 Å². The number of nitrogens with zero attached hydrogens (tertiary/aromatic N) is 7. The average Bonchev–Trinajstić information content (AvgIpc) is 3.46. The maximum absolute atomic E-state index is 13.4. The molecule has 10 rings (SSSR count). The van der Waals surface area contributed by atoms with Crippen LogP contribution in [0.2, 0.25) is 0 Å². The van der Waals surface area contributed by atoms with Gasteiger partial charge in [0.25, 0.3) is 11.8 Å². The summed E-state index contributed by atoms with van der Waals surface area (Å²) in [6, 6.07) is 14.3. The number of aromatic nitrogens is 2. The Morgan fingerprint density at radius 3 is 2.33 bits per heavy atom. The molecule has 1 unspecified atom stereocenters. The summed E-state index contributed by atoms with van der Waals surface area (Å²) in [5.41, 5.74) is 4.52. The van der Waals surface area contributed by atoms with Crippen molar-refractivity contribution in [2.75, 3.05) is 80.6 Å². The maximum Gasteiger partial charge on any atom is 0.262 e. The number of anilines is 3. The van der Waals surface area contributed by atoms with Crippen LogP contribution in [-0.4, -0.2) is 131 Å². The van der Waals surface area contributed by atoms with Crippen LogP contribution in [0.3, 0.4) is 0 Å². The minimum absolute atomic E-state index is 0.113. The van der Waals surface area contributed by atoms with E-state index in [9.17, 15) is 24.3 Å². The Morgan fingerprint density at radius 1 is 0.772 bits per heavy atom. The Morgan fingerprint density at radius 2 is 1.54 bits per heavy atom. The van der Waals surface area contributed by atoms with E-state index in [1.165, 1.54) is 51.9 Å². The molecule has 0 radical (unpaired) electrons. The lowest BCUT2D eigenvalue weighted by Gasteiger charge is -2.54.